The van der Waals surface area contributed by atoms with Crippen LogP contribution in [-0.4, -0.2) is 19.1 Å². The Morgan fingerprint density at radius 3 is 2.33 bits per heavy atom. The van der Waals surface area contributed by atoms with E-state index in [0.717, 1.165) is 5.69 Å². The minimum absolute atomic E-state index is 0.0788. The van der Waals surface area contributed by atoms with E-state index in [1.807, 2.05) is 55.5 Å². The van der Waals surface area contributed by atoms with Gasteiger partial charge < -0.3 is 15.4 Å². The zero-order valence-electron chi connectivity index (χ0n) is 13.3. The van der Waals surface area contributed by atoms with Crippen LogP contribution in [0, 0.1) is 0 Å². The molecule has 1 aromatic heterocycles. The molecule has 21 heavy (non-hydrogen) atoms. The van der Waals surface area contributed by atoms with Crippen molar-refractivity contribution in [3.63, 3.8) is 0 Å². The lowest BCUT2D eigenvalue weighted by molar-refractivity contribution is 0.463. The van der Waals surface area contributed by atoms with Gasteiger partial charge in [0.15, 0.2) is 5.75 Å². The van der Waals surface area contributed by atoms with Crippen LogP contribution >= 0.6 is 0 Å². The van der Waals surface area contributed by atoms with Gasteiger partial charge in [-0.1, -0.05) is 26.8 Å². The van der Waals surface area contributed by atoms with Crippen molar-refractivity contribution in [3.8, 4) is 11.6 Å². The van der Waals surface area contributed by atoms with Crippen LogP contribution in [0.25, 0.3) is 0 Å². The van der Waals surface area contributed by atoms with Gasteiger partial charge in [-0.2, -0.15) is 0 Å². The standard InChI is InChI=1S/C17H23N3O/c1-17(2,3)12-6-9-16(19-11-12)21-15-10-13(20(4)5)7-8-14(15)18/h6-11H,18H2,1-5H3. The maximum Gasteiger partial charge on any atom is 0.219 e. The molecule has 2 aromatic rings. The smallest absolute Gasteiger partial charge is 0.219 e. The van der Waals surface area contributed by atoms with Crippen molar-refractivity contribution in [1.82, 2.24) is 4.98 Å². The highest BCUT2D eigenvalue weighted by atomic mass is 16.5. The van der Waals surface area contributed by atoms with Crippen LogP contribution in [0.1, 0.15) is 26.3 Å². The van der Waals surface area contributed by atoms with E-state index in [1.165, 1.54) is 5.56 Å². The summed E-state index contributed by atoms with van der Waals surface area (Å²) in [4.78, 5) is 6.37. The van der Waals surface area contributed by atoms with Crippen molar-refractivity contribution in [1.29, 1.82) is 0 Å². The minimum Gasteiger partial charge on any atom is -0.437 e. The highest BCUT2D eigenvalue weighted by Gasteiger charge is 2.14. The molecule has 1 aromatic carbocycles. The summed E-state index contributed by atoms with van der Waals surface area (Å²) in [5.74, 6) is 1.17. The van der Waals surface area contributed by atoms with Crippen molar-refractivity contribution < 1.29 is 4.74 Å². The maximum absolute atomic E-state index is 5.97. The molecule has 0 fully saturated rings. The number of nitrogens with zero attached hydrogens (tertiary/aromatic N) is 2. The van der Waals surface area contributed by atoms with Crippen LogP contribution in [0.5, 0.6) is 11.6 Å². The fourth-order valence-electron chi connectivity index (χ4n) is 1.89. The number of benzene rings is 1. The third kappa shape index (κ3) is 3.66. The average molecular weight is 285 g/mol. The number of aromatic nitrogens is 1. The Balaban J connectivity index is 2.24. The molecule has 0 spiro atoms. The second-order valence-electron chi connectivity index (χ2n) is 6.35. The first-order valence-corrected chi connectivity index (χ1v) is 6.98. The first-order chi connectivity index (χ1) is 9.77. The zero-order chi connectivity index (χ0) is 15.6. The third-order valence-electron chi connectivity index (χ3n) is 3.33. The van der Waals surface area contributed by atoms with E-state index in [0.29, 0.717) is 17.3 Å². The van der Waals surface area contributed by atoms with Gasteiger partial charge >= 0.3 is 0 Å². The van der Waals surface area contributed by atoms with Gasteiger partial charge in [-0.05, 0) is 23.1 Å². The number of rotatable bonds is 3. The average Bonchev–Trinajstić information content (AvgIpc) is 2.40. The van der Waals surface area contributed by atoms with Crippen molar-refractivity contribution in [2.24, 2.45) is 0 Å². The fourth-order valence-corrected chi connectivity index (χ4v) is 1.89. The SMILES string of the molecule is CN(C)c1ccc(N)c(Oc2ccc(C(C)(C)C)cn2)c1. The number of hydrogen-bond donors (Lipinski definition) is 1. The molecule has 0 radical (unpaired) electrons. The summed E-state index contributed by atoms with van der Waals surface area (Å²) in [5, 5.41) is 0. The van der Waals surface area contributed by atoms with Gasteiger partial charge in [0.2, 0.25) is 5.88 Å². The molecule has 0 aliphatic carbocycles. The Morgan fingerprint density at radius 2 is 1.81 bits per heavy atom. The first kappa shape index (κ1) is 15.2. The monoisotopic (exact) mass is 285 g/mol. The summed E-state index contributed by atoms with van der Waals surface area (Å²) in [6, 6.07) is 9.62. The predicted octanol–water partition coefficient (Wildman–Crippen LogP) is 3.82. The third-order valence-corrected chi connectivity index (χ3v) is 3.33. The van der Waals surface area contributed by atoms with Gasteiger partial charge in [0.05, 0.1) is 5.69 Å². The van der Waals surface area contributed by atoms with Gasteiger partial charge in [0.25, 0.3) is 0 Å². The number of hydrogen-bond acceptors (Lipinski definition) is 4. The molecule has 1 heterocycles. The Hall–Kier alpha value is -2.23. The highest BCUT2D eigenvalue weighted by Crippen LogP contribution is 2.31. The van der Waals surface area contributed by atoms with Gasteiger partial charge in [-0.3, -0.25) is 0 Å². The summed E-state index contributed by atoms with van der Waals surface area (Å²) in [6.07, 6.45) is 1.85. The van der Waals surface area contributed by atoms with Gasteiger partial charge in [-0.25, -0.2) is 4.98 Å². The van der Waals surface area contributed by atoms with Crippen LogP contribution in [0.2, 0.25) is 0 Å². The van der Waals surface area contributed by atoms with Crippen LogP contribution in [0.4, 0.5) is 11.4 Å². The zero-order valence-corrected chi connectivity index (χ0v) is 13.3. The molecular weight excluding hydrogens is 262 g/mol. The minimum atomic E-state index is 0.0788. The molecule has 4 nitrogen and oxygen atoms in total. The van der Waals surface area contributed by atoms with E-state index in [9.17, 15) is 0 Å². The Labute approximate surface area is 126 Å². The molecule has 0 unspecified atom stereocenters. The normalized spacial score (nSPS) is 11.3. The van der Waals surface area contributed by atoms with Crippen LogP contribution in [-0.2, 0) is 5.41 Å². The van der Waals surface area contributed by atoms with Crippen molar-refractivity contribution in [2.75, 3.05) is 24.7 Å². The van der Waals surface area contributed by atoms with Crippen molar-refractivity contribution in [2.45, 2.75) is 26.2 Å². The lowest BCUT2D eigenvalue weighted by Crippen LogP contribution is -2.11. The number of nitrogen functional groups attached to an aromatic ring is 1. The van der Waals surface area contributed by atoms with Gasteiger partial charge in [0, 0.05) is 38.1 Å². The van der Waals surface area contributed by atoms with E-state index in [-0.39, 0.29) is 5.41 Å². The molecule has 0 amide bonds. The molecule has 2 N–H and O–H groups in total. The molecule has 2 rings (SSSR count). The number of ether oxygens (including phenoxy) is 1. The maximum atomic E-state index is 5.97. The van der Waals surface area contributed by atoms with Gasteiger partial charge in [-0.15, -0.1) is 0 Å². The quantitative estimate of drug-likeness (QED) is 0.871. The van der Waals surface area contributed by atoms with E-state index in [1.54, 1.807) is 0 Å². The first-order valence-electron chi connectivity index (χ1n) is 6.98. The molecule has 0 aliphatic rings. The molecule has 0 aliphatic heterocycles. The lowest BCUT2D eigenvalue weighted by atomic mass is 9.88. The summed E-state index contributed by atoms with van der Waals surface area (Å²) in [6.45, 7) is 6.47. The van der Waals surface area contributed by atoms with Crippen molar-refractivity contribution in [3.05, 3.63) is 42.1 Å². The number of nitrogens with two attached hydrogens (primary N) is 1. The highest BCUT2D eigenvalue weighted by molar-refractivity contribution is 5.62. The Bertz CT molecular complexity index is 613. The summed E-state index contributed by atoms with van der Waals surface area (Å²) in [7, 11) is 3.96. The van der Waals surface area contributed by atoms with Crippen LogP contribution in [0.15, 0.2) is 36.5 Å². The Kier molecular flexibility index (Phi) is 4.07. The molecule has 0 saturated heterocycles. The molecule has 4 heteroatoms. The Morgan fingerprint density at radius 1 is 1.10 bits per heavy atom. The van der Waals surface area contributed by atoms with E-state index in [2.05, 4.69) is 25.8 Å². The predicted molar refractivity (Wildman–Crippen MR) is 88.2 cm³/mol. The second kappa shape index (κ2) is 5.64. The fraction of sp³-hybridized carbons (Fsp3) is 0.353. The largest absolute Gasteiger partial charge is 0.437 e. The molecule has 0 bridgehead atoms. The summed E-state index contributed by atoms with van der Waals surface area (Å²) >= 11 is 0. The van der Waals surface area contributed by atoms with E-state index < -0.39 is 0 Å². The number of anilines is 2. The van der Waals surface area contributed by atoms with E-state index >= 15 is 0 Å². The van der Waals surface area contributed by atoms with Gasteiger partial charge in [0.1, 0.15) is 0 Å². The van der Waals surface area contributed by atoms with Crippen LogP contribution in [0.3, 0.4) is 0 Å². The van der Waals surface area contributed by atoms with E-state index in [4.69, 9.17) is 10.5 Å². The lowest BCUT2D eigenvalue weighted by Gasteiger charge is -2.19. The summed E-state index contributed by atoms with van der Waals surface area (Å²) in [5.41, 5.74) is 8.85. The molecule has 0 saturated carbocycles. The van der Waals surface area contributed by atoms with Crippen molar-refractivity contribution >= 4 is 11.4 Å². The molecule has 112 valence electrons. The second-order valence-corrected chi connectivity index (χ2v) is 6.35. The molecule has 0 atom stereocenters. The number of pyridine rings is 1. The topological polar surface area (TPSA) is 51.4 Å². The molecular formula is C17H23N3O. The summed E-state index contributed by atoms with van der Waals surface area (Å²) < 4.78 is 5.80. The van der Waals surface area contributed by atoms with Crippen LogP contribution < -0.4 is 15.4 Å².